The molecule has 1 fully saturated rings. The van der Waals surface area contributed by atoms with Crippen molar-refractivity contribution < 1.29 is 8.78 Å². The van der Waals surface area contributed by atoms with E-state index in [1.165, 1.54) is 28.7 Å². The molecule has 1 aliphatic heterocycles. The minimum Gasteiger partial charge on any atom is -0.368 e. The molecule has 1 saturated heterocycles. The average molecular weight is 544 g/mol. The van der Waals surface area contributed by atoms with Crippen molar-refractivity contribution >= 4 is 0 Å². The normalized spacial score (nSPS) is 16.5. The van der Waals surface area contributed by atoms with Crippen LogP contribution < -0.4 is 10.6 Å². The van der Waals surface area contributed by atoms with Gasteiger partial charge in [-0.05, 0) is 80.8 Å². The lowest BCUT2D eigenvalue weighted by molar-refractivity contribution is 0.112. The summed E-state index contributed by atoms with van der Waals surface area (Å²) in [7, 11) is 1.97. The van der Waals surface area contributed by atoms with Crippen LogP contribution in [0.15, 0.2) is 73.1 Å². The van der Waals surface area contributed by atoms with Crippen molar-refractivity contribution in [3.63, 3.8) is 0 Å². The lowest BCUT2D eigenvalue weighted by Crippen LogP contribution is -2.38. The van der Waals surface area contributed by atoms with Crippen LogP contribution >= 0.6 is 0 Å². The summed E-state index contributed by atoms with van der Waals surface area (Å²) in [5.41, 5.74) is 5.83. The second kappa shape index (κ2) is 20.3. The third kappa shape index (κ3) is 17.5. The Morgan fingerprint density at radius 2 is 1.44 bits per heavy atom. The molecule has 2 unspecified atom stereocenters. The van der Waals surface area contributed by atoms with E-state index < -0.39 is 6.17 Å². The Hall–Kier alpha value is -2.66. The van der Waals surface area contributed by atoms with E-state index in [9.17, 15) is 8.78 Å². The molecule has 39 heavy (non-hydrogen) atoms. The quantitative estimate of drug-likeness (QED) is 0.295. The zero-order valence-electron chi connectivity index (χ0n) is 24.6. The number of likely N-dealkylation sites (tertiary alicyclic amines) is 1. The first kappa shape index (κ1) is 36.3. The molecule has 0 aromatic heterocycles. The molecule has 220 valence electrons. The van der Waals surface area contributed by atoms with E-state index in [-0.39, 0.29) is 20.0 Å². The largest absolute Gasteiger partial charge is 0.368 e. The highest BCUT2D eigenvalue weighted by atomic mass is 19.1. The van der Waals surface area contributed by atoms with Crippen molar-refractivity contribution in [2.45, 2.75) is 80.6 Å². The van der Waals surface area contributed by atoms with Gasteiger partial charge in [-0.1, -0.05) is 95.5 Å². The van der Waals surface area contributed by atoms with Crippen molar-refractivity contribution in [1.29, 1.82) is 0 Å². The Bertz CT molecular complexity index is 922. The van der Waals surface area contributed by atoms with Crippen LogP contribution in [0.2, 0.25) is 0 Å². The van der Waals surface area contributed by atoms with Gasteiger partial charge in [0.05, 0.1) is 5.82 Å². The topological polar surface area (TPSA) is 27.3 Å². The molecule has 5 heteroatoms. The summed E-state index contributed by atoms with van der Waals surface area (Å²) in [5.74, 6) is 1.90. The summed E-state index contributed by atoms with van der Waals surface area (Å²) in [6, 6.07) is 17.4. The van der Waals surface area contributed by atoms with Gasteiger partial charge in [0.15, 0.2) is 0 Å². The van der Waals surface area contributed by atoms with Gasteiger partial charge >= 0.3 is 0 Å². The number of hydrogen-bond donors (Lipinski definition) is 2. The van der Waals surface area contributed by atoms with E-state index in [0.717, 1.165) is 44.2 Å². The summed E-state index contributed by atoms with van der Waals surface area (Å²) in [6.45, 7) is 20.5. The number of alkyl halides is 2. The Morgan fingerprint density at radius 1 is 0.974 bits per heavy atom. The molecule has 2 aromatic rings. The maximum absolute atomic E-state index is 12.8. The van der Waals surface area contributed by atoms with Gasteiger partial charge in [0.2, 0.25) is 0 Å². The molecule has 1 heterocycles. The summed E-state index contributed by atoms with van der Waals surface area (Å²) >= 11 is 0. The molecule has 0 bridgehead atoms. The van der Waals surface area contributed by atoms with Crippen LogP contribution in [-0.4, -0.2) is 37.9 Å². The van der Waals surface area contributed by atoms with Crippen molar-refractivity contribution in [1.82, 2.24) is 15.5 Å². The molecule has 3 nitrogen and oxygen atoms in total. The molecule has 0 spiro atoms. The first-order valence-electron chi connectivity index (χ1n) is 13.8. The fraction of sp³-hybridized carbons (Fsp3) is 0.529. The molecule has 2 N–H and O–H groups in total. The van der Waals surface area contributed by atoms with Crippen molar-refractivity contribution in [3.8, 4) is 0 Å². The van der Waals surface area contributed by atoms with Gasteiger partial charge in [0, 0.05) is 19.6 Å². The number of nitrogens with one attached hydrogen (secondary N) is 2. The zero-order chi connectivity index (χ0) is 28.5. The predicted octanol–water partition coefficient (Wildman–Crippen LogP) is 8.40. The van der Waals surface area contributed by atoms with Gasteiger partial charge in [-0.2, -0.15) is 0 Å². The molecule has 0 amide bonds. The number of piperidine rings is 1. The SMILES string of the molecule is C.C=C(C)CF.C=C(NCc1ccc(C)cc1)NCc1ccc(CCC(C)C)cc1.CC1CCN(C)CC1F. The first-order valence-corrected chi connectivity index (χ1v) is 13.8. The minimum atomic E-state index is -0.594. The maximum atomic E-state index is 12.8. The Kier molecular flexibility index (Phi) is 18.9. The molecule has 3 rings (SSSR count). The zero-order valence-corrected chi connectivity index (χ0v) is 24.6. The van der Waals surface area contributed by atoms with E-state index >= 15 is 0 Å². The van der Waals surface area contributed by atoms with Crippen LogP contribution in [0.1, 0.15) is 70.2 Å². The average Bonchev–Trinajstić information content (AvgIpc) is 2.89. The summed E-state index contributed by atoms with van der Waals surface area (Å²) in [5, 5.41) is 6.67. The Balaban J connectivity index is 0.000000792. The van der Waals surface area contributed by atoms with Gasteiger partial charge in [-0.3, -0.25) is 0 Å². The van der Waals surface area contributed by atoms with Crippen LogP contribution in [0.3, 0.4) is 0 Å². The number of benzene rings is 2. The highest BCUT2D eigenvalue weighted by Crippen LogP contribution is 2.18. The van der Waals surface area contributed by atoms with Crippen LogP contribution in [-0.2, 0) is 19.5 Å². The molecule has 0 aliphatic carbocycles. The summed E-state index contributed by atoms with van der Waals surface area (Å²) in [4.78, 5) is 2.05. The first-order chi connectivity index (χ1) is 18.0. The van der Waals surface area contributed by atoms with Gasteiger partial charge in [-0.15, -0.1) is 0 Å². The molecule has 0 saturated carbocycles. The molecule has 2 atom stereocenters. The third-order valence-corrected chi connectivity index (χ3v) is 6.46. The lowest BCUT2D eigenvalue weighted by Gasteiger charge is -2.29. The number of halogens is 2. The number of rotatable bonds is 10. The van der Waals surface area contributed by atoms with E-state index in [2.05, 4.69) is 93.1 Å². The Labute approximate surface area is 238 Å². The maximum Gasteiger partial charge on any atom is 0.115 e. The number of hydrogen-bond acceptors (Lipinski definition) is 3. The lowest BCUT2D eigenvalue weighted by atomic mass is 9.98. The predicted molar refractivity (Wildman–Crippen MR) is 167 cm³/mol. The van der Waals surface area contributed by atoms with E-state index in [4.69, 9.17) is 0 Å². The van der Waals surface area contributed by atoms with Crippen LogP contribution in [0.25, 0.3) is 0 Å². The second-order valence-corrected chi connectivity index (χ2v) is 11.1. The van der Waals surface area contributed by atoms with Crippen LogP contribution in [0.4, 0.5) is 8.78 Å². The van der Waals surface area contributed by atoms with Crippen molar-refractivity contribution in [2.75, 3.05) is 26.8 Å². The van der Waals surface area contributed by atoms with Crippen molar-refractivity contribution in [2.24, 2.45) is 11.8 Å². The van der Waals surface area contributed by atoms with Gasteiger partial charge in [0.1, 0.15) is 12.8 Å². The molecular weight excluding hydrogens is 488 g/mol. The van der Waals surface area contributed by atoms with Gasteiger partial charge < -0.3 is 15.5 Å². The van der Waals surface area contributed by atoms with Crippen molar-refractivity contribution in [3.05, 3.63) is 95.3 Å². The summed E-state index contributed by atoms with van der Waals surface area (Å²) in [6.07, 6.45) is 2.83. The highest BCUT2D eigenvalue weighted by Gasteiger charge is 2.22. The fourth-order valence-corrected chi connectivity index (χ4v) is 3.64. The standard InChI is InChI=1S/C22H30N2.C7H14FN.C4H7F.CH4/c1-17(2)5-8-20-11-13-22(14-12-20)16-24-19(4)23-15-21-9-6-18(3)7-10-21;1-6-3-4-9(2)5-7(6)8;1-4(2)3-5;/h6-7,9-14,17,23-24H,4-5,8,15-16H2,1-3H3;6-7H,3-5H2,1-2H3;1,3H2,2H3;1H4. The van der Waals surface area contributed by atoms with Gasteiger partial charge in [0.25, 0.3) is 0 Å². The third-order valence-electron chi connectivity index (χ3n) is 6.46. The molecule has 1 aliphatic rings. The van der Waals surface area contributed by atoms with Crippen LogP contribution in [0.5, 0.6) is 0 Å². The fourth-order valence-electron chi connectivity index (χ4n) is 3.64. The highest BCUT2D eigenvalue weighted by molar-refractivity contribution is 5.23. The number of nitrogens with zero attached hydrogens (tertiary/aromatic N) is 1. The van der Waals surface area contributed by atoms with Crippen LogP contribution in [0, 0.1) is 18.8 Å². The number of aryl methyl sites for hydroxylation is 2. The molecular formula is C34H55F2N3. The second-order valence-electron chi connectivity index (χ2n) is 11.1. The van der Waals surface area contributed by atoms with E-state index in [0.29, 0.717) is 12.1 Å². The molecule has 0 radical (unpaired) electrons. The van der Waals surface area contributed by atoms with E-state index in [1.54, 1.807) is 6.92 Å². The minimum absolute atomic E-state index is 0. The number of allylic oxidation sites excluding steroid dienone is 1. The van der Waals surface area contributed by atoms with Gasteiger partial charge in [-0.25, -0.2) is 8.78 Å². The monoisotopic (exact) mass is 543 g/mol. The van der Waals surface area contributed by atoms with E-state index in [1.807, 2.05) is 18.9 Å². The summed E-state index contributed by atoms with van der Waals surface area (Å²) < 4.78 is 23.8. The molecule has 2 aromatic carbocycles. The smallest absolute Gasteiger partial charge is 0.115 e. The Morgan fingerprint density at radius 3 is 1.85 bits per heavy atom.